The molecule has 10 heavy (non-hydrogen) atoms. The molecular weight excluding hydrogens is 126 g/mol. The normalized spacial score (nSPS) is 18.5. The molecule has 1 aliphatic rings. The van der Waals surface area contributed by atoms with Crippen molar-refractivity contribution in [3.05, 3.63) is 0 Å². The van der Waals surface area contributed by atoms with E-state index in [9.17, 15) is 4.79 Å². The number of rotatable bonds is 4. The van der Waals surface area contributed by atoms with Gasteiger partial charge in [-0.2, -0.15) is 0 Å². The number of ketones is 1. The molecule has 1 saturated carbocycles. The molecule has 0 saturated heterocycles. The molecule has 0 radical (unpaired) electrons. The fourth-order valence-corrected chi connectivity index (χ4v) is 1.21. The maximum Gasteiger partial charge on any atom is 0.136 e. The molecule has 0 aliphatic heterocycles. The molecule has 0 heterocycles. The summed E-state index contributed by atoms with van der Waals surface area (Å²) in [6, 6.07) is 0. The van der Waals surface area contributed by atoms with Crippen molar-refractivity contribution in [2.24, 2.45) is 11.7 Å². The van der Waals surface area contributed by atoms with Gasteiger partial charge in [0.1, 0.15) is 5.78 Å². The van der Waals surface area contributed by atoms with Gasteiger partial charge in [-0.05, 0) is 25.8 Å². The predicted octanol–water partition coefficient (Wildman–Crippen LogP) is 1.09. The Morgan fingerprint density at radius 2 is 2.20 bits per heavy atom. The third-order valence-electron chi connectivity index (χ3n) is 2.19. The predicted molar refractivity (Wildman–Crippen MR) is 40.6 cm³/mol. The first-order valence-electron chi connectivity index (χ1n) is 4.07. The lowest BCUT2D eigenvalue weighted by Crippen LogP contribution is -2.22. The second-order valence-electron chi connectivity index (χ2n) is 2.99. The first kappa shape index (κ1) is 7.73. The van der Waals surface area contributed by atoms with Gasteiger partial charge in [0.2, 0.25) is 0 Å². The molecule has 1 fully saturated rings. The van der Waals surface area contributed by atoms with Gasteiger partial charge in [0, 0.05) is 12.3 Å². The first-order valence-corrected chi connectivity index (χ1v) is 4.07. The minimum absolute atomic E-state index is 0.409. The Morgan fingerprint density at radius 1 is 1.50 bits per heavy atom. The molecule has 0 amide bonds. The molecule has 58 valence electrons. The number of carbonyl (C=O) groups excluding carboxylic acids is 1. The minimum Gasteiger partial charge on any atom is -0.330 e. The number of nitrogens with two attached hydrogens (primary N) is 1. The van der Waals surface area contributed by atoms with Crippen LogP contribution in [0.2, 0.25) is 0 Å². The van der Waals surface area contributed by atoms with Crippen LogP contribution in [0.3, 0.4) is 0 Å². The van der Waals surface area contributed by atoms with Crippen LogP contribution in [0.4, 0.5) is 0 Å². The summed E-state index contributed by atoms with van der Waals surface area (Å²) in [6.45, 7) is 0.651. The molecule has 2 heteroatoms. The van der Waals surface area contributed by atoms with Crippen molar-refractivity contribution in [1.29, 1.82) is 0 Å². The van der Waals surface area contributed by atoms with E-state index in [1.807, 2.05) is 0 Å². The van der Waals surface area contributed by atoms with Gasteiger partial charge >= 0.3 is 0 Å². The van der Waals surface area contributed by atoms with E-state index >= 15 is 0 Å². The molecule has 0 bridgehead atoms. The van der Waals surface area contributed by atoms with Gasteiger partial charge in [-0.1, -0.05) is 6.42 Å². The Balaban J connectivity index is 2.08. The summed E-state index contributed by atoms with van der Waals surface area (Å²) in [7, 11) is 0. The Morgan fingerprint density at radius 3 is 2.60 bits per heavy atom. The van der Waals surface area contributed by atoms with Gasteiger partial charge in [-0.25, -0.2) is 0 Å². The topological polar surface area (TPSA) is 43.1 Å². The molecule has 1 rings (SSSR count). The summed E-state index contributed by atoms with van der Waals surface area (Å²) in [5, 5.41) is 0. The van der Waals surface area contributed by atoms with Crippen molar-refractivity contribution in [3.63, 3.8) is 0 Å². The largest absolute Gasteiger partial charge is 0.330 e. The Bertz CT molecular complexity index is 118. The van der Waals surface area contributed by atoms with Crippen molar-refractivity contribution in [2.45, 2.75) is 32.1 Å². The standard InChI is InChI=1S/C8H15NO/c9-6-2-5-8(10)7-3-1-4-7/h7H,1-6,9H2. The molecule has 0 aromatic rings. The molecule has 2 N–H and O–H groups in total. The maximum absolute atomic E-state index is 11.1. The summed E-state index contributed by atoms with van der Waals surface area (Å²) in [6.07, 6.45) is 5.09. The van der Waals surface area contributed by atoms with Crippen LogP contribution in [-0.4, -0.2) is 12.3 Å². The average molecular weight is 141 g/mol. The van der Waals surface area contributed by atoms with Gasteiger partial charge in [-0.3, -0.25) is 4.79 Å². The zero-order valence-corrected chi connectivity index (χ0v) is 6.31. The summed E-state index contributed by atoms with van der Waals surface area (Å²) in [5.41, 5.74) is 5.28. The van der Waals surface area contributed by atoms with E-state index in [2.05, 4.69) is 0 Å². The quantitative estimate of drug-likeness (QED) is 0.637. The van der Waals surface area contributed by atoms with Crippen molar-refractivity contribution in [1.82, 2.24) is 0 Å². The van der Waals surface area contributed by atoms with Crippen LogP contribution in [0.5, 0.6) is 0 Å². The van der Waals surface area contributed by atoms with E-state index in [1.165, 1.54) is 6.42 Å². The highest BCUT2D eigenvalue weighted by atomic mass is 16.1. The molecule has 0 aromatic carbocycles. The smallest absolute Gasteiger partial charge is 0.136 e. The lowest BCUT2D eigenvalue weighted by molar-refractivity contribution is -0.125. The van der Waals surface area contributed by atoms with Crippen molar-refractivity contribution in [2.75, 3.05) is 6.54 Å². The van der Waals surface area contributed by atoms with E-state index in [4.69, 9.17) is 5.73 Å². The van der Waals surface area contributed by atoms with Crippen molar-refractivity contribution >= 4 is 5.78 Å². The van der Waals surface area contributed by atoms with Crippen LogP contribution in [0.15, 0.2) is 0 Å². The van der Waals surface area contributed by atoms with E-state index < -0.39 is 0 Å². The monoisotopic (exact) mass is 141 g/mol. The van der Waals surface area contributed by atoms with Gasteiger partial charge in [0.05, 0.1) is 0 Å². The second kappa shape index (κ2) is 3.71. The molecule has 0 unspecified atom stereocenters. The summed E-state index contributed by atoms with van der Waals surface area (Å²) in [5.74, 6) is 0.850. The van der Waals surface area contributed by atoms with Crippen molar-refractivity contribution in [3.8, 4) is 0 Å². The van der Waals surface area contributed by atoms with Gasteiger partial charge < -0.3 is 5.73 Å². The molecule has 0 spiro atoms. The molecule has 0 aromatic heterocycles. The van der Waals surface area contributed by atoms with Crippen LogP contribution in [0, 0.1) is 5.92 Å². The van der Waals surface area contributed by atoms with Crippen molar-refractivity contribution < 1.29 is 4.79 Å². The number of Topliss-reactive ketones (excluding diaryl/α,β-unsaturated/α-hetero) is 1. The summed E-state index contributed by atoms with van der Waals surface area (Å²) < 4.78 is 0. The fraction of sp³-hybridized carbons (Fsp3) is 0.875. The fourth-order valence-electron chi connectivity index (χ4n) is 1.21. The summed E-state index contributed by atoms with van der Waals surface area (Å²) >= 11 is 0. The zero-order chi connectivity index (χ0) is 7.40. The lowest BCUT2D eigenvalue weighted by Gasteiger charge is -2.23. The Kier molecular flexibility index (Phi) is 2.87. The van der Waals surface area contributed by atoms with E-state index in [-0.39, 0.29) is 0 Å². The molecular formula is C8H15NO. The SMILES string of the molecule is NCCCC(=O)C1CCC1. The number of hydrogen-bond acceptors (Lipinski definition) is 2. The zero-order valence-electron chi connectivity index (χ0n) is 6.31. The highest BCUT2D eigenvalue weighted by molar-refractivity contribution is 5.81. The first-order chi connectivity index (χ1) is 4.84. The van der Waals surface area contributed by atoms with Gasteiger partial charge in [-0.15, -0.1) is 0 Å². The molecule has 1 aliphatic carbocycles. The molecule has 2 nitrogen and oxygen atoms in total. The van der Waals surface area contributed by atoms with Gasteiger partial charge in [0.25, 0.3) is 0 Å². The van der Waals surface area contributed by atoms with Crippen LogP contribution < -0.4 is 5.73 Å². The maximum atomic E-state index is 11.1. The van der Waals surface area contributed by atoms with Crippen LogP contribution >= 0.6 is 0 Å². The molecule has 0 atom stereocenters. The van der Waals surface area contributed by atoms with E-state index in [0.29, 0.717) is 24.7 Å². The number of hydrogen-bond donors (Lipinski definition) is 1. The Labute approximate surface area is 61.8 Å². The van der Waals surface area contributed by atoms with Gasteiger partial charge in [0.15, 0.2) is 0 Å². The van der Waals surface area contributed by atoms with Crippen LogP contribution in [-0.2, 0) is 4.79 Å². The highest BCUT2D eigenvalue weighted by Gasteiger charge is 2.23. The van der Waals surface area contributed by atoms with E-state index in [0.717, 1.165) is 19.3 Å². The lowest BCUT2D eigenvalue weighted by atomic mass is 9.81. The van der Waals surface area contributed by atoms with Crippen LogP contribution in [0.25, 0.3) is 0 Å². The number of carbonyl (C=O) groups is 1. The Hall–Kier alpha value is -0.370. The third kappa shape index (κ3) is 1.81. The second-order valence-corrected chi connectivity index (χ2v) is 2.99. The van der Waals surface area contributed by atoms with Crippen LogP contribution in [0.1, 0.15) is 32.1 Å². The summed E-state index contributed by atoms with van der Waals surface area (Å²) in [4.78, 5) is 11.1. The third-order valence-corrected chi connectivity index (χ3v) is 2.19. The minimum atomic E-state index is 0.409. The average Bonchev–Trinajstić information content (AvgIpc) is 1.79. The highest BCUT2D eigenvalue weighted by Crippen LogP contribution is 2.28. The van der Waals surface area contributed by atoms with E-state index in [1.54, 1.807) is 0 Å².